The molecule has 2 aliphatic rings. The van der Waals surface area contributed by atoms with E-state index in [4.69, 9.17) is 9.47 Å². The summed E-state index contributed by atoms with van der Waals surface area (Å²) in [5.74, 6) is 0. The lowest BCUT2D eigenvalue weighted by atomic mass is 9.89. The van der Waals surface area contributed by atoms with E-state index in [1.807, 2.05) is 0 Å². The Hall–Kier alpha value is -0.0800. The molecular weight excluding hydrogens is 128 g/mol. The molecule has 1 saturated heterocycles. The van der Waals surface area contributed by atoms with Gasteiger partial charge in [-0.3, -0.25) is 0 Å². The maximum Gasteiger partial charge on any atom is 0.0582 e. The van der Waals surface area contributed by atoms with E-state index in [1.54, 1.807) is 7.11 Å². The van der Waals surface area contributed by atoms with Gasteiger partial charge in [-0.05, 0) is 19.3 Å². The van der Waals surface area contributed by atoms with Gasteiger partial charge in [0.2, 0.25) is 0 Å². The van der Waals surface area contributed by atoms with Gasteiger partial charge < -0.3 is 9.47 Å². The van der Waals surface area contributed by atoms with Crippen LogP contribution in [-0.2, 0) is 9.47 Å². The van der Waals surface area contributed by atoms with E-state index in [-0.39, 0.29) is 0 Å². The van der Waals surface area contributed by atoms with Gasteiger partial charge in [-0.25, -0.2) is 0 Å². The molecule has 10 heavy (non-hydrogen) atoms. The van der Waals surface area contributed by atoms with Crippen molar-refractivity contribution in [3.63, 3.8) is 0 Å². The van der Waals surface area contributed by atoms with Crippen molar-refractivity contribution >= 4 is 0 Å². The Morgan fingerprint density at radius 1 is 1.70 bits per heavy atom. The summed E-state index contributed by atoms with van der Waals surface area (Å²) in [4.78, 5) is 0. The van der Waals surface area contributed by atoms with Gasteiger partial charge in [0.1, 0.15) is 0 Å². The molecule has 2 atom stereocenters. The van der Waals surface area contributed by atoms with Gasteiger partial charge in [-0.1, -0.05) is 0 Å². The Labute approximate surface area is 61.5 Å². The zero-order chi connectivity index (χ0) is 7.03. The Morgan fingerprint density at radius 2 is 2.60 bits per heavy atom. The third-order valence-electron chi connectivity index (χ3n) is 2.73. The first kappa shape index (κ1) is 6.62. The lowest BCUT2D eigenvalue weighted by molar-refractivity contribution is 0.0152. The van der Waals surface area contributed by atoms with Crippen molar-refractivity contribution in [3.05, 3.63) is 0 Å². The zero-order valence-electron chi connectivity index (χ0n) is 6.43. The van der Waals surface area contributed by atoms with Crippen molar-refractivity contribution in [1.82, 2.24) is 0 Å². The van der Waals surface area contributed by atoms with Gasteiger partial charge in [0.25, 0.3) is 0 Å². The van der Waals surface area contributed by atoms with Crippen LogP contribution in [0.15, 0.2) is 0 Å². The molecule has 0 aromatic heterocycles. The highest BCUT2D eigenvalue weighted by Gasteiger charge is 2.45. The predicted octanol–water partition coefficient (Wildman–Crippen LogP) is 1.20. The molecule has 1 saturated carbocycles. The molecule has 2 bridgehead atoms. The van der Waals surface area contributed by atoms with Crippen LogP contribution in [-0.4, -0.2) is 26.4 Å². The highest BCUT2D eigenvalue weighted by Crippen LogP contribution is 2.45. The van der Waals surface area contributed by atoms with E-state index in [9.17, 15) is 0 Å². The average Bonchev–Trinajstić information content (AvgIpc) is 2.46. The number of methoxy groups -OCH3 is 1. The summed E-state index contributed by atoms with van der Waals surface area (Å²) in [6.45, 7) is 1.83. The second kappa shape index (κ2) is 2.21. The van der Waals surface area contributed by atoms with Crippen LogP contribution in [0.1, 0.15) is 19.3 Å². The van der Waals surface area contributed by atoms with Gasteiger partial charge >= 0.3 is 0 Å². The smallest absolute Gasteiger partial charge is 0.0582 e. The van der Waals surface area contributed by atoms with Gasteiger partial charge in [-0.15, -0.1) is 0 Å². The summed E-state index contributed by atoms with van der Waals surface area (Å²) in [6.07, 6.45) is 4.37. The van der Waals surface area contributed by atoms with E-state index >= 15 is 0 Å². The average molecular weight is 142 g/mol. The first-order valence-electron chi connectivity index (χ1n) is 3.95. The normalized spacial score (nSPS) is 44.7. The fourth-order valence-corrected chi connectivity index (χ4v) is 2.20. The standard InChI is InChI=1S/C8H14O2/c1-9-5-8-3-2-7(4-8)10-6-8/h7H,2-6H2,1H3. The molecule has 0 N–H and O–H groups in total. The molecule has 2 nitrogen and oxygen atoms in total. The van der Waals surface area contributed by atoms with Gasteiger partial charge in [-0.2, -0.15) is 0 Å². The minimum Gasteiger partial charge on any atom is -0.384 e. The highest BCUT2D eigenvalue weighted by molar-refractivity contribution is 4.94. The van der Waals surface area contributed by atoms with Crippen molar-refractivity contribution < 1.29 is 9.47 Å². The van der Waals surface area contributed by atoms with Crippen LogP contribution in [0.3, 0.4) is 0 Å². The Kier molecular flexibility index (Phi) is 1.46. The summed E-state index contributed by atoms with van der Waals surface area (Å²) in [5.41, 5.74) is 0.416. The molecule has 0 aromatic carbocycles. The summed E-state index contributed by atoms with van der Waals surface area (Å²) in [7, 11) is 1.78. The topological polar surface area (TPSA) is 18.5 Å². The molecule has 58 valence electrons. The maximum atomic E-state index is 5.53. The van der Waals surface area contributed by atoms with Crippen LogP contribution in [0.25, 0.3) is 0 Å². The molecule has 0 aromatic rings. The molecule has 0 amide bonds. The summed E-state index contributed by atoms with van der Waals surface area (Å²) in [6, 6.07) is 0. The van der Waals surface area contributed by atoms with E-state index in [1.165, 1.54) is 19.3 Å². The minimum absolute atomic E-state index is 0.416. The summed E-state index contributed by atoms with van der Waals surface area (Å²) >= 11 is 0. The van der Waals surface area contributed by atoms with E-state index < -0.39 is 0 Å². The number of hydrogen-bond donors (Lipinski definition) is 0. The second-order valence-corrected chi connectivity index (χ2v) is 3.61. The fourth-order valence-electron chi connectivity index (χ4n) is 2.20. The first-order chi connectivity index (χ1) is 4.85. The molecule has 2 heteroatoms. The van der Waals surface area contributed by atoms with E-state index in [0.717, 1.165) is 13.2 Å². The molecule has 0 radical (unpaired) electrons. The lowest BCUT2D eigenvalue weighted by Gasteiger charge is -2.23. The summed E-state index contributed by atoms with van der Waals surface area (Å²) in [5, 5.41) is 0. The Morgan fingerprint density at radius 3 is 3.00 bits per heavy atom. The Balaban J connectivity index is 2.01. The van der Waals surface area contributed by atoms with Crippen LogP contribution in [0.2, 0.25) is 0 Å². The monoisotopic (exact) mass is 142 g/mol. The maximum absolute atomic E-state index is 5.53. The molecule has 1 aliphatic carbocycles. The fraction of sp³-hybridized carbons (Fsp3) is 1.00. The van der Waals surface area contributed by atoms with E-state index in [2.05, 4.69) is 0 Å². The second-order valence-electron chi connectivity index (χ2n) is 3.61. The Bertz CT molecular complexity index is 125. The van der Waals surface area contributed by atoms with Crippen LogP contribution in [0.4, 0.5) is 0 Å². The first-order valence-corrected chi connectivity index (χ1v) is 3.95. The third-order valence-corrected chi connectivity index (χ3v) is 2.73. The molecule has 1 heterocycles. The SMILES string of the molecule is COCC12CCC(C1)OC2. The van der Waals surface area contributed by atoms with Crippen LogP contribution < -0.4 is 0 Å². The van der Waals surface area contributed by atoms with Crippen molar-refractivity contribution in [2.45, 2.75) is 25.4 Å². The van der Waals surface area contributed by atoms with Crippen molar-refractivity contribution in [1.29, 1.82) is 0 Å². The molecule has 2 unspecified atom stereocenters. The van der Waals surface area contributed by atoms with Gasteiger partial charge in [0.15, 0.2) is 0 Å². The molecule has 0 spiro atoms. The van der Waals surface area contributed by atoms with Crippen molar-refractivity contribution in [2.75, 3.05) is 20.3 Å². The van der Waals surface area contributed by atoms with Crippen LogP contribution >= 0.6 is 0 Å². The molecular formula is C8H14O2. The largest absolute Gasteiger partial charge is 0.384 e. The number of rotatable bonds is 2. The van der Waals surface area contributed by atoms with Gasteiger partial charge in [0.05, 0.1) is 19.3 Å². The predicted molar refractivity (Wildman–Crippen MR) is 37.9 cm³/mol. The van der Waals surface area contributed by atoms with Crippen molar-refractivity contribution in [2.24, 2.45) is 5.41 Å². The lowest BCUT2D eigenvalue weighted by Crippen LogP contribution is -2.25. The van der Waals surface area contributed by atoms with Crippen molar-refractivity contribution in [3.8, 4) is 0 Å². The van der Waals surface area contributed by atoms with Gasteiger partial charge in [0, 0.05) is 12.5 Å². The molecule has 2 rings (SSSR count). The molecule has 1 aliphatic heterocycles. The van der Waals surface area contributed by atoms with Crippen LogP contribution in [0.5, 0.6) is 0 Å². The number of ether oxygens (including phenoxy) is 2. The zero-order valence-corrected chi connectivity index (χ0v) is 6.43. The number of hydrogen-bond acceptors (Lipinski definition) is 2. The quantitative estimate of drug-likeness (QED) is 0.576. The van der Waals surface area contributed by atoms with E-state index in [0.29, 0.717) is 11.5 Å². The third kappa shape index (κ3) is 0.867. The summed E-state index contributed by atoms with van der Waals surface area (Å²) < 4.78 is 10.7. The highest BCUT2D eigenvalue weighted by atomic mass is 16.5. The minimum atomic E-state index is 0.416. The van der Waals surface area contributed by atoms with Crippen LogP contribution in [0, 0.1) is 5.41 Å². The molecule has 2 fully saturated rings. The number of fused-ring (bicyclic) bond motifs is 2.